The van der Waals surface area contributed by atoms with Crippen LogP contribution in [0.2, 0.25) is 0 Å². The molecule has 0 aromatic heterocycles. The van der Waals surface area contributed by atoms with E-state index < -0.39 is 13.9 Å². The molecule has 426 valence electrons. The Morgan fingerprint density at radius 2 is 0.764 bits per heavy atom. The summed E-state index contributed by atoms with van der Waals surface area (Å²) < 4.78 is 34.9. The number of ether oxygens (including phenoxy) is 2. The zero-order valence-electron chi connectivity index (χ0n) is 48.6. The summed E-state index contributed by atoms with van der Waals surface area (Å²) in [4.78, 5) is 25.3. The topological polar surface area (TPSA) is 94.1 Å². The van der Waals surface area contributed by atoms with Gasteiger partial charge in [0.25, 0.3) is 7.82 Å². The Hall–Kier alpha value is -1.28. The Morgan fingerprint density at radius 3 is 1.14 bits per heavy atom. The summed E-state index contributed by atoms with van der Waals surface area (Å²) in [5, 5.41) is 0. The van der Waals surface area contributed by atoms with Gasteiger partial charge in [0, 0.05) is 13.0 Å². The molecule has 72 heavy (non-hydrogen) atoms. The molecular formula is C63H122NO7P. The maximum atomic E-state index is 12.8. The monoisotopic (exact) mass is 1040 g/mol. The highest BCUT2D eigenvalue weighted by Crippen LogP contribution is 2.38. The largest absolute Gasteiger partial charge is 0.756 e. The number of hydrogen-bond acceptors (Lipinski definition) is 7. The number of phosphoric ester groups is 1. The van der Waals surface area contributed by atoms with Crippen LogP contribution in [0.1, 0.15) is 303 Å². The number of hydrogen-bond donors (Lipinski definition) is 0. The molecule has 0 bridgehead atoms. The summed E-state index contributed by atoms with van der Waals surface area (Å²) in [6, 6.07) is 0. The average Bonchev–Trinajstić information content (AvgIpc) is 3.34. The van der Waals surface area contributed by atoms with Crippen molar-refractivity contribution in [3.8, 4) is 0 Å². The first-order valence-corrected chi connectivity index (χ1v) is 32.7. The fourth-order valence-corrected chi connectivity index (χ4v) is 9.87. The van der Waals surface area contributed by atoms with E-state index in [1.165, 1.54) is 238 Å². The van der Waals surface area contributed by atoms with Crippen LogP contribution in [0.15, 0.2) is 36.5 Å². The van der Waals surface area contributed by atoms with E-state index in [1.807, 2.05) is 21.1 Å². The third kappa shape index (κ3) is 59.6. The number of rotatable bonds is 59. The normalized spacial score (nSPS) is 13.6. The first kappa shape index (κ1) is 70.7. The Morgan fingerprint density at radius 1 is 0.431 bits per heavy atom. The number of carbonyl (C=O) groups is 1. The van der Waals surface area contributed by atoms with Gasteiger partial charge in [0.05, 0.1) is 34.4 Å². The number of nitrogens with zero attached hydrogens (tertiary/aromatic N) is 1. The second-order valence-corrected chi connectivity index (χ2v) is 23.8. The first-order valence-electron chi connectivity index (χ1n) is 31.2. The Bertz CT molecular complexity index is 1250. The molecule has 0 spiro atoms. The highest BCUT2D eigenvalue weighted by molar-refractivity contribution is 7.45. The molecule has 0 N–H and O–H groups in total. The molecule has 0 aliphatic carbocycles. The van der Waals surface area contributed by atoms with Crippen LogP contribution in [-0.4, -0.2) is 70.7 Å². The standard InChI is InChI=1S/C63H122NO7P/c1-6-8-10-12-14-16-18-20-22-24-26-28-30-32-33-35-37-39-41-43-45-47-49-51-53-55-58-68-60-62(61-70-72(66,67)69-59-57-64(3,4)5)71-63(65)56-54-52-50-48-46-44-42-40-38-36-34-31-29-27-25-23-21-19-17-15-13-11-9-7-2/h18,20,24,26,30,32,62H,6-17,19,21-23,25,27-29,31,33-61H2,1-5H3/b20-18-,26-24-,32-30-. The lowest BCUT2D eigenvalue weighted by molar-refractivity contribution is -0.870. The number of phosphoric acid groups is 1. The van der Waals surface area contributed by atoms with Gasteiger partial charge < -0.3 is 27.9 Å². The lowest BCUT2D eigenvalue weighted by Crippen LogP contribution is -2.37. The highest BCUT2D eigenvalue weighted by atomic mass is 31.2. The van der Waals surface area contributed by atoms with E-state index >= 15 is 0 Å². The Labute approximate surface area is 448 Å². The van der Waals surface area contributed by atoms with Gasteiger partial charge in [-0.25, -0.2) is 0 Å². The molecule has 0 aromatic carbocycles. The van der Waals surface area contributed by atoms with Gasteiger partial charge in [-0.2, -0.15) is 0 Å². The van der Waals surface area contributed by atoms with Crippen LogP contribution in [-0.2, 0) is 27.9 Å². The van der Waals surface area contributed by atoms with E-state index in [1.54, 1.807) is 0 Å². The van der Waals surface area contributed by atoms with Crippen LogP contribution in [0, 0.1) is 0 Å². The molecule has 8 nitrogen and oxygen atoms in total. The minimum atomic E-state index is -4.54. The maximum absolute atomic E-state index is 12.8. The van der Waals surface area contributed by atoms with Gasteiger partial charge in [0.2, 0.25) is 0 Å². The summed E-state index contributed by atoms with van der Waals surface area (Å²) in [6.45, 7) is 5.46. The molecule has 0 aliphatic heterocycles. The molecule has 2 atom stereocenters. The molecule has 0 saturated carbocycles. The van der Waals surface area contributed by atoms with Gasteiger partial charge in [-0.1, -0.05) is 281 Å². The zero-order valence-corrected chi connectivity index (χ0v) is 49.5. The van der Waals surface area contributed by atoms with Gasteiger partial charge in [-0.05, 0) is 51.4 Å². The number of allylic oxidation sites excluding steroid dienone is 6. The minimum Gasteiger partial charge on any atom is -0.756 e. The fourth-order valence-electron chi connectivity index (χ4n) is 9.15. The van der Waals surface area contributed by atoms with Gasteiger partial charge in [0.15, 0.2) is 0 Å². The summed E-state index contributed by atoms with van der Waals surface area (Å²) in [6.07, 6.45) is 70.6. The van der Waals surface area contributed by atoms with E-state index in [-0.39, 0.29) is 25.8 Å². The molecule has 0 fully saturated rings. The smallest absolute Gasteiger partial charge is 0.306 e. The molecule has 0 radical (unpaired) electrons. The number of carbonyl (C=O) groups excluding carboxylic acids is 1. The Balaban J connectivity index is 4.01. The number of likely N-dealkylation sites (N-methyl/N-ethyl adjacent to an activating group) is 1. The van der Waals surface area contributed by atoms with Crippen molar-refractivity contribution >= 4 is 13.8 Å². The van der Waals surface area contributed by atoms with Crippen molar-refractivity contribution in [1.82, 2.24) is 0 Å². The van der Waals surface area contributed by atoms with E-state index in [0.29, 0.717) is 24.1 Å². The van der Waals surface area contributed by atoms with Crippen molar-refractivity contribution in [3.05, 3.63) is 36.5 Å². The predicted octanol–water partition coefficient (Wildman–Crippen LogP) is 19.4. The molecule has 0 rings (SSSR count). The van der Waals surface area contributed by atoms with Crippen molar-refractivity contribution in [3.63, 3.8) is 0 Å². The number of quaternary nitrogens is 1. The van der Waals surface area contributed by atoms with Crippen LogP contribution in [0.5, 0.6) is 0 Å². The summed E-state index contributed by atoms with van der Waals surface area (Å²) in [5.74, 6) is -0.328. The molecule has 0 amide bonds. The third-order valence-electron chi connectivity index (χ3n) is 13.9. The second-order valence-electron chi connectivity index (χ2n) is 22.4. The average molecular weight is 1040 g/mol. The minimum absolute atomic E-state index is 0.0274. The van der Waals surface area contributed by atoms with Gasteiger partial charge in [-0.3, -0.25) is 9.36 Å². The lowest BCUT2D eigenvalue weighted by atomic mass is 10.0. The van der Waals surface area contributed by atoms with Crippen molar-refractivity contribution in [2.75, 3.05) is 54.1 Å². The van der Waals surface area contributed by atoms with Crippen LogP contribution in [0.4, 0.5) is 0 Å². The molecule has 0 heterocycles. The quantitative estimate of drug-likeness (QED) is 0.0197. The SMILES string of the molecule is CCCCCCC/C=C\C/C=C\C/C=C\CCCCCCCCCCCCCOCC(COP(=O)([O-])OCC[N+](C)(C)C)OC(=O)CCCCCCCCCCCCCCCCCCCCCCCCCC. The van der Waals surface area contributed by atoms with Crippen LogP contribution >= 0.6 is 7.82 Å². The van der Waals surface area contributed by atoms with E-state index in [0.717, 1.165) is 44.9 Å². The van der Waals surface area contributed by atoms with Crippen LogP contribution in [0.25, 0.3) is 0 Å². The molecule has 9 heteroatoms. The van der Waals surface area contributed by atoms with Gasteiger partial charge in [0.1, 0.15) is 19.3 Å². The van der Waals surface area contributed by atoms with E-state index in [4.69, 9.17) is 18.5 Å². The Kier molecular flexibility index (Phi) is 54.9. The maximum Gasteiger partial charge on any atom is 0.306 e. The third-order valence-corrected chi connectivity index (χ3v) is 14.9. The van der Waals surface area contributed by atoms with Crippen LogP contribution < -0.4 is 4.89 Å². The van der Waals surface area contributed by atoms with Crippen molar-refractivity contribution in [2.45, 2.75) is 309 Å². The molecule has 0 aliphatic rings. The van der Waals surface area contributed by atoms with Crippen LogP contribution in [0.3, 0.4) is 0 Å². The predicted molar refractivity (Wildman–Crippen MR) is 310 cm³/mol. The van der Waals surface area contributed by atoms with Crippen molar-refractivity contribution in [2.24, 2.45) is 0 Å². The first-order chi connectivity index (χ1) is 35.1. The van der Waals surface area contributed by atoms with Gasteiger partial charge >= 0.3 is 5.97 Å². The van der Waals surface area contributed by atoms with Gasteiger partial charge in [-0.15, -0.1) is 0 Å². The van der Waals surface area contributed by atoms with Crippen molar-refractivity contribution < 1.29 is 37.3 Å². The number of unbranched alkanes of at least 4 members (excludes halogenated alkanes) is 39. The fraction of sp³-hybridized carbons (Fsp3) is 0.889. The number of esters is 1. The molecule has 0 aromatic rings. The van der Waals surface area contributed by atoms with E-state index in [9.17, 15) is 14.3 Å². The molecule has 0 saturated heterocycles. The van der Waals surface area contributed by atoms with E-state index in [2.05, 4.69) is 50.3 Å². The summed E-state index contributed by atoms with van der Waals surface area (Å²) in [5.41, 5.74) is 0. The molecule has 2 unspecified atom stereocenters. The zero-order chi connectivity index (χ0) is 52.6. The highest BCUT2D eigenvalue weighted by Gasteiger charge is 2.20. The second kappa shape index (κ2) is 55.9. The van der Waals surface area contributed by atoms with Crippen molar-refractivity contribution in [1.29, 1.82) is 0 Å². The lowest BCUT2D eigenvalue weighted by Gasteiger charge is -2.28. The summed E-state index contributed by atoms with van der Waals surface area (Å²) in [7, 11) is 1.37. The summed E-state index contributed by atoms with van der Waals surface area (Å²) >= 11 is 0. The molecular weight excluding hydrogens is 914 g/mol.